The number of nitrogens with zero attached hydrogens (tertiary/aromatic N) is 2. The minimum Gasteiger partial charge on any atom is -0.867 e. The third-order valence-corrected chi connectivity index (χ3v) is 3.08. The third kappa shape index (κ3) is 4.52. The van der Waals surface area contributed by atoms with Crippen LogP contribution in [0.25, 0.3) is 0 Å². The Labute approximate surface area is 136 Å². The second kappa shape index (κ2) is 7.37. The van der Waals surface area contributed by atoms with Gasteiger partial charge in [-0.15, -0.1) is 0 Å². The highest BCUT2D eigenvalue weighted by Crippen LogP contribution is 2.29. The lowest BCUT2D eigenvalue weighted by atomic mass is 10.1. The van der Waals surface area contributed by atoms with Crippen LogP contribution in [0.4, 0.5) is 5.69 Å². The smallest absolute Gasteiger partial charge is 0.263 e. The first kappa shape index (κ1) is 16.4. The molecule has 0 fully saturated rings. The maximum atomic E-state index is 11.8. The van der Waals surface area contributed by atoms with Gasteiger partial charge in [-0.2, -0.15) is 5.10 Å². The van der Waals surface area contributed by atoms with E-state index in [-0.39, 0.29) is 22.9 Å². The Morgan fingerprint density at radius 3 is 2.65 bits per heavy atom. The van der Waals surface area contributed by atoms with E-state index in [1.807, 2.05) is 6.07 Å². The Balaban J connectivity index is 2.06. The van der Waals surface area contributed by atoms with Crippen LogP contribution in [-0.2, 0) is 11.2 Å². The Morgan fingerprint density at radius 2 is 2.00 bits per heavy atom. The molecular formula is C15H11ClN3O4-. The van der Waals surface area contributed by atoms with E-state index in [1.165, 1.54) is 6.07 Å². The lowest BCUT2D eigenvalue weighted by Gasteiger charge is -2.10. The molecule has 2 aromatic carbocycles. The molecule has 0 saturated heterocycles. The Morgan fingerprint density at radius 1 is 1.30 bits per heavy atom. The average Bonchev–Trinajstić information content (AvgIpc) is 2.51. The summed E-state index contributed by atoms with van der Waals surface area (Å²) < 4.78 is 0. The Bertz CT molecular complexity index is 763. The molecule has 0 heterocycles. The van der Waals surface area contributed by atoms with E-state index in [0.717, 1.165) is 17.8 Å². The van der Waals surface area contributed by atoms with E-state index in [9.17, 15) is 20.0 Å². The van der Waals surface area contributed by atoms with Gasteiger partial charge in [0.05, 0.1) is 17.6 Å². The van der Waals surface area contributed by atoms with Crippen LogP contribution >= 0.6 is 11.6 Å². The number of rotatable bonds is 5. The summed E-state index contributed by atoms with van der Waals surface area (Å²) in [6, 6.07) is 11.2. The van der Waals surface area contributed by atoms with Gasteiger partial charge >= 0.3 is 0 Å². The molecule has 1 amide bonds. The number of amides is 1. The molecule has 2 rings (SSSR count). The quantitative estimate of drug-likeness (QED) is 0.513. The van der Waals surface area contributed by atoms with Crippen LogP contribution in [-0.4, -0.2) is 17.0 Å². The zero-order chi connectivity index (χ0) is 16.8. The summed E-state index contributed by atoms with van der Waals surface area (Å²) in [5.41, 5.74) is 2.34. The Kier molecular flexibility index (Phi) is 5.27. The first-order valence-corrected chi connectivity index (χ1v) is 6.86. The molecule has 1 N–H and O–H groups in total. The zero-order valence-corrected chi connectivity index (χ0v) is 12.5. The normalized spacial score (nSPS) is 10.7. The van der Waals surface area contributed by atoms with Crippen molar-refractivity contribution in [2.75, 3.05) is 0 Å². The molecule has 7 nitrogen and oxygen atoms in total. The van der Waals surface area contributed by atoms with Crippen LogP contribution < -0.4 is 10.5 Å². The molecule has 23 heavy (non-hydrogen) atoms. The van der Waals surface area contributed by atoms with E-state index in [1.54, 1.807) is 24.3 Å². The van der Waals surface area contributed by atoms with Gasteiger partial charge in [0.1, 0.15) is 0 Å². The van der Waals surface area contributed by atoms with E-state index < -0.39 is 16.4 Å². The number of benzene rings is 2. The number of hydrazone groups is 1. The van der Waals surface area contributed by atoms with Gasteiger partial charge in [0.15, 0.2) is 0 Å². The molecule has 0 aromatic heterocycles. The number of carbonyl (C=O) groups is 1. The molecule has 0 atom stereocenters. The van der Waals surface area contributed by atoms with Crippen LogP contribution in [0.2, 0.25) is 5.02 Å². The molecule has 2 aromatic rings. The number of hydrogen-bond donors (Lipinski definition) is 1. The van der Waals surface area contributed by atoms with Crippen molar-refractivity contribution in [3.63, 3.8) is 0 Å². The topological polar surface area (TPSA) is 108 Å². The first-order chi connectivity index (χ1) is 11.0. The molecule has 0 aliphatic carbocycles. The van der Waals surface area contributed by atoms with E-state index in [4.69, 9.17) is 11.6 Å². The maximum Gasteiger partial charge on any atom is 0.263 e. The lowest BCUT2D eigenvalue weighted by molar-refractivity contribution is -0.398. The SMILES string of the molecule is O=C(Cc1ccccc1)N/N=C\c1cc(Cl)cc([N+](=O)[O-])c1[O-]. The monoisotopic (exact) mass is 332 g/mol. The summed E-state index contributed by atoms with van der Waals surface area (Å²) in [6.45, 7) is 0. The summed E-state index contributed by atoms with van der Waals surface area (Å²) in [6.07, 6.45) is 1.15. The lowest BCUT2D eigenvalue weighted by Crippen LogP contribution is -2.19. The third-order valence-electron chi connectivity index (χ3n) is 2.86. The van der Waals surface area contributed by atoms with Crippen molar-refractivity contribution in [3.8, 4) is 5.75 Å². The molecule has 8 heteroatoms. The van der Waals surface area contributed by atoms with Gasteiger partial charge in [0, 0.05) is 11.1 Å². The van der Waals surface area contributed by atoms with Crippen LogP contribution in [0.1, 0.15) is 11.1 Å². The molecule has 0 aliphatic rings. The van der Waals surface area contributed by atoms with Crippen LogP contribution in [0.3, 0.4) is 0 Å². The average molecular weight is 333 g/mol. The van der Waals surface area contributed by atoms with E-state index in [0.29, 0.717) is 0 Å². The Hall–Kier alpha value is -2.93. The highest BCUT2D eigenvalue weighted by Gasteiger charge is 2.11. The van der Waals surface area contributed by atoms with Crippen molar-refractivity contribution in [2.24, 2.45) is 5.10 Å². The second-order valence-corrected chi connectivity index (χ2v) is 4.99. The molecule has 0 radical (unpaired) electrons. The van der Waals surface area contributed by atoms with Crippen molar-refractivity contribution in [3.05, 3.63) is 68.7 Å². The number of carbonyl (C=O) groups excluding carboxylic acids is 1. The minimum atomic E-state index is -0.820. The number of nitro groups is 1. The van der Waals surface area contributed by atoms with Crippen molar-refractivity contribution in [1.29, 1.82) is 0 Å². The summed E-state index contributed by atoms with van der Waals surface area (Å²) in [5.74, 6) is -1.20. The number of nitrogens with one attached hydrogen (secondary N) is 1. The molecular weight excluding hydrogens is 322 g/mol. The summed E-state index contributed by atoms with van der Waals surface area (Å²) in [5, 5.41) is 26.2. The van der Waals surface area contributed by atoms with Crippen LogP contribution in [0.5, 0.6) is 5.75 Å². The van der Waals surface area contributed by atoms with Gasteiger partial charge in [-0.05, 0) is 22.9 Å². The highest BCUT2D eigenvalue weighted by atomic mass is 35.5. The predicted molar refractivity (Wildman–Crippen MR) is 83.4 cm³/mol. The molecule has 118 valence electrons. The van der Waals surface area contributed by atoms with Crippen LogP contribution in [0, 0.1) is 10.1 Å². The van der Waals surface area contributed by atoms with Gasteiger partial charge in [-0.25, -0.2) is 5.43 Å². The number of hydrogen-bond acceptors (Lipinski definition) is 5. The number of halogens is 1. The van der Waals surface area contributed by atoms with Crippen molar-refractivity contribution in [2.45, 2.75) is 6.42 Å². The van der Waals surface area contributed by atoms with Gasteiger partial charge in [0.25, 0.3) is 5.69 Å². The van der Waals surface area contributed by atoms with E-state index in [2.05, 4.69) is 10.5 Å². The molecule has 0 saturated carbocycles. The fourth-order valence-corrected chi connectivity index (χ4v) is 2.05. The van der Waals surface area contributed by atoms with Crippen molar-refractivity contribution >= 4 is 29.4 Å². The van der Waals surface area contributed by atoms with Gasteiger partial charge < -0.3 is 5.11 Å². The summed E-state index contributed by atoms with van der Waals surface area (Å²) in [7, 11) is 0. The fraction of sp³-hybridized carbons (Fsp3) is 0.0667. The summed E-state index contributed by atoms with van der Waals surface area (Å²) in [4.78, 5) is 21.6. The predicted octanol–water partition coefficient (Wildman–Crippen LogP) is 2.01. The fourth-order valence-electron chi connectivity index (χ4n) is 1.83. The second-order valence-electron chi connectivity index (χ2n) is 4.56. The molecule has 0 aliphatic heterocycles. The molecule has 0 unspecified atom stereocenters. The van der Waals surface area contributed by atoms with Gasteiger partial charge in [-0.1, -0.05) is 41.9 Å². The summed E-state index contributed by atoms with van der Waals surface area (Å²) >= 11 is 5.72. The first-order valence-electron chi connectivity index (χ1n) is 6.48. The molecule has 0 spiro atoms. The van der Waals surface area contributed by atoms with Gasteiger partial charge in [0.2, 0.25) is 5.91 Å². The van der Waals surface area contributed by atoms with Crippen LogP contribution in [0.15, 0.2) is 47.6 Å². The minimum absolute atomic E-state index is 0.0355. The van der Waals surface area contributed by atoms with Gasteiger partial charge in [-0.3, -0.25) is 14.9 Å². The standard InChI is InChI=1S/C15H12ClN3O4/c16-12-7-11(15(21)13(8-12)19(22)23)9-17-18-14(20)6-10-4-2-1-3-5-10/h1-5,7-9,21H,6H2,(H,18,20)/p-1/b17-9-. The highest BCUT2D eigenvalue weighted by molar-refractivity contribution is 6.31. The van der Waals surface area contributed by atoms with E-state index >= 15 is 0 Å². The van der Waals surface area contributed by atoms with Crippen molar-refractivity contribution < 1.29 is 14.8 Å². The molecule has 0 bridgehead atoms. The number of nitro benzene ring substituents is 1. The largest absolute Gasteiger partial charge is 0.867 e. The zero-order valence-electron chi connectivity index (χ0n) is 11.7. The van der Waals surface area contributed by atoms with Crippen molar-refractivity contribution in [1.82, 2.24) is 5.43 Å². The maximum absolute atomic E-state index is 11.8.